The summed E-state index contributed by atoms with van der Waals surface area (Å²) in [6, 6.07) is 5.58. The van der Waals surface area contributed by atoms with E-state index in [4.69, 9.17) is 21.1 Å². The van der Waals surface area contributed by atoms with Crippen molar-refractivity contribution >= 4 is 5.71 Å². The van der Waals surface area contributed by atoms with Crippen LogP contribution in [0.3, 0.4) is 0 Å². The minimum absolute atomic E-state index is 0.569. The molecular formula is C11H12N4O. The molecule has 5 heteroatoms. The molecule has 0 spiro atoms. The molecule has 0 aromatic carbocycles. The average Bonchev–Trinajstić information content (AvgIpc) is 2.68. The van der Waals surface area contributed by atoms with Gasteiger partial charge in [0.2, 0.25) is 0 Å². The Kier molecular flexibility index (Phi) is 2.38. The van der Waals surface area contributed by atoms with Gasteiger partial charge in [-0.05, 0) is 30.7 Å². The van der Waals surface area contributed by atoms with Crippen LogP contribution < -0.4 is 11.5 Å². The SMILES string of the molecule is CC1=CC(c2ccco2)=NC(N)(N)C1C#N. The van der Waals surface area contributed by atoms with E-state index in [0.717, 1.165) is 5.57 Å². The number of rotatable bonds is 1. The third kappa shape index (κ3) is 1.65. The number of aliphatic imine (C=N–C) groups is 1. The number of nitriles is 1. The first-order valence-electron chi connectivity index (χ1n) is 4.84. The van der Waals surface area contributed by atoms with Crippen molar-refractivity contribution in [2.24, 2.45) is 22.4 Å². The predicted octanol–water partition coefficient (Wildman–Crippen LogP) is 0.740. The molecule has 1 aromatic rings. The maximum Gasteiger partial charge on any atom is 0.180 e. The van der Waals surface area contributed by atoms with E-state index in [1.807, 2.05) is 0 Å². The third-order valence-electron chi connectivity index (χ3n) is 2.50. The van der Waals surface area contributed by atoms with E-state index in [0.29, 0.717) is 11.5 Å². The number of nitrogens with zero attached hydrogens (tertiary/aromatic N) is 2. The molecule has 16 heavy (non-hydrogen) atoms. The van der Waals surface area contributed by atoms with Gasteiger partial charge in [-0.2, -0.15) is 5.26 Å². The normalized spacial score (nSPS) is 23.2. The number of nitrogens with two attached hydrogens (primary N) is 2. The van der Waals surface area contributed by atoms with Gasteiger partial charge < -0.3 is 4.42 Å². The number of allylic oxidation sites excluding steroid dienone is 1. The van der Waals surface area contributed by atoms with E-state index in [1.165, 1.54) is 0 Å². The van der Waals surface area contributed by atoms with Gasteiger partial charge in [0.15, 0.2) is 11.5 Å². The Morgan fingerprint density at radius 2 is 2.31 bits per heavy atom. The highest BCUT2D eigenvalue weighted by atomic mass is 16.3. The summed E-state index contributed by atoms with van der Waals surface area (Å²) in [6.45, 7) is 1.81. The highest BCUT2D eigenvalue weighted by Crippen LogP contribution is 2.25. The van der Waals surface area contributed by atoms with Crippen LogP contribution in [0.5, 0.6) is 0 Å². The van der Waals surface area contributed by atoms with Crippen molar-refractivity contribution in [2.75, 3.05) is 0 Å². The molecule has 4 N–H and O–H groups in total. The van der Waals surface area contributed by atoms with Crippen LogP contribution in [0.4, 0.5) is 0 Å². The van der Waals surface area contributed by atoms with E-state index in [1.54, 1.807) is 31.4 Å². The Labute approximate surface area is 93.1 Å². The van der Waals surface area contributed by atoms with Crippen LogP contribution >= 0.6 is 0 Å². The molecule has 1 atom stereocenters. The Morgan fingerprint density at radius 1 is 1.56 bits per heavy atom. The molecule has 0 amide bonds. The van der Waals surface area contributed by atoms with Crippen LogP contribution in [0.1, 0.15) is 12.7 Å². The van der Waals surface area contributed by atoms with Crippen molar-refractivity contribution in [1.82, 2.24) is 0 Å². The molecule has 1 aromatic heterocycles. The van der Waals surface area contributed by atoms with Crippen molar-refractivity contribution in [1.29, 1.82) is 5.26 Å². The van der Waals surface area contributed by atoms with Gasteiger partial charge in [0.1, 0.15) is 11.6 Å². The minimum atomic E-state index is -1.39. The lowest BCUT2D eigenvalue weighted by molar-refractivity contribution is 0.384. The summed E-state index contributed by atoms with van der Waals surface area (Å²) in [6.07, 6.45) is 3.32. The van der Waals surface area contributed by atoms with Gasteiger partial charge in [0, 0.05) is 0 Å². The smallest absolute Gasteiger partial charge is 0.180 e. The third-order valence-corrected chi connectivity index (χ3v) is 2.50. The lowest BCUT2D eigenvalue weighted by Crippen LogP contribution is -2.55. The number of hydrogen-bond donors (Lipinski definition) is 2. The average molecular weight is 216 g/mol. The van der Waals surface area contributed by atoms with E-state index in [9.17, 15) is 0 Å². The molecule has 0 saturated carbocycles. The van der Waals surface area contributed by atoms with Gasteiger partial charge in [0.25, 0.3) is 0 Å². The van der Waals surface area contributed by atoms with Gasteiger partial charge in [-0.15, -0.1) is 0 Å². The molecule has 0 fully saturated rings. The summed E-state index contributed by atoms with van der Waals surface area (Å²) < 4.78 is 5.21. The molecular weight excluding hydrogens is 204 g/mol. The zero-order chi connectivity index (χ0) is 11.8. The Morgan fingerprint density at radius 3 is 2.81 bits per heavy atom. The first-order valence-corrected chi connectivity index (χ1v) is 4.84. The molecule has 2 heterocycles. The van der Waals surface area contributed by atoms with Crippen LogP contribution in [-0.2, 0) is 0 Å². The summed E-state index contributed by atoms with van der Waals surface area (Å²) in [5.74, 6) is -1.40. The fraction of sp³-hybridized carbons (Fsp3) is 0.273. The quantitative estimate of drug-likeness (QED) is 0.676. The lowest BCUT2D eigenvalue weighted by Gasteiger charge is -2.29. The van der Waals surface area contributed by atoms with Crippen LogP contribution in [0.15, 0.2) is 39.5 Å². The van der Waals surface area contributed by atoms with Crippen molar-refractivity contribution in [2.45, 2.75) is 12.7 Å². The van der Waals surface area contributed by atoms with E-state index in [2.05, 4.69) is 11.1 Å². The Balaban J connectivity index is 2.46. The van der Waals surface area contributed by atoms with E-state index in [-0.39, 0.29) is 0 Å². The summed E-state index contributed by atoms with van der Waals surface area (Å²) in [5.41, 5.74) is 13.0. The topological polar surface area (TPSA) is 101 Å². The van der Waals surface area contributed by atoms with Crippen LogP contribution in [-0.4, -0.2) is 11.5 Å². The van der Waals surface area contributed by atoms with Crippen LogP contribution in [0, 0.1) is 17.2 Å². The second-order valence-corrected chi connectivity index (χ2v) is 3.81. The Bertz CT molecular complexity index is 491. The van der Waals surface area contributed by atoms with Gasteiger partial charge in [-0.3, -0.25) is 11.5 Å². The zero-order valence-corrected chi connectivity index (χ0v) is 8.84. The molecule has 0 bridgehead atoms. The first kappa shape index (κ1) is 10.6. The summed E-state index contributed by atoms with van der Waals surface area (Å²) in [4.78, 5) is 4.14. The summed E-state index contributed by atoms with van der Waals surface area (Å²) in [5, 5.41) is 8.97. The fourth-order valence-corrected chi connectivity index (χ4v) is 1.72. The summed E-state index contributed by atoms with van der Waals surface area (Å²) in [7, 11) is 0. The van der Waals surface area contributed by atoms with Crippen molar-refractivity contribution < 1.29 is 4.42 Å². The molecule has 1 aliphatic heterocycles. The van der Waals surface area contributed by atoms with Gasteiger partial charge >= 0.3 is 0 Å². The lowest BCUT2D eigenvalue weighted by atomic mass is 9.91. The largest absolute Gasteiger partial charge is 0.463 e. The maximum absolute atomic E-state index is 8.97. The van der Waals surface area contributed by atoms with E-state index >= 15 is 0 Å². The summed E-state index contributed by atoms with van der Waals surface area (Å²) >= 11 is 0. The molecule has 82 valence electrons. The molecule has 1 unspecified atom stereocenters. The number of dihydropyridines is 1. The molecule has 0 saturated heterocycles. The van der Waals surface area contributed by atoms with Crippen LogP contribution in [0.25, 0.3) is 0 Å². The van der Waals surface area contributed by atoms with Crippen LogP contribution in [0.2, 0.25) is 0 Å². The molecule has 0 radical (unpaired) electrons. The predicted molar refractivity (Wildman–Crippen MR) is 59.2 cm³/mol. The maximum atomic E-state index is 8.97. The highest BCUT2D eigenvalue weighted by molar-refractivity contribution is 6.08. The zero-order valence-electron chi connectivity index (χ0n) is 8.84. The standard InChI is InChI=1S/C11H12N4O/c1-7-5-9(10-3-2-4-16-10)15-11(13,14)8(7)6-12/h2-5,8H,13-14H2,1H3. The second-order valence-electron chi connectivity index (χ2n) is 3.81. The fourth-order valence-electron chi connectivity index (χ4n) is 1.72. The first-order chi connectivity index (χ1) is 7.54. The van der Waals surface area contributed by atoms with Crippen molar-refractivity contribution in [3.05, 3.63) is 35.8 Å². The highest BCUT2D eigenvalue weighted by Gasteiger charge is 2.35. The molecule has 1 aliphatic rings. The molecule has 5 nitrogen and oxygen atoms in total. The second kappa shape index (κ2) is 3.59. The van der Waals surface area contributed by atoms with Gasteiger partial charge in [-0.25, -0.2) is 4.99 Å². The van der Waals surface area contributed by atoms with Crippen molar-refractivity contribution in [3.63, 3.8) is 0 Å². The molecule has 0 aliphatic carbocycles. The Hall–Kier alpha value is -1.90. The minimum Gasteiger partial charge on any atom is -0.463 e. The van der Waals surface area contributed by atoms with Gasteiger partial charge in [-0.1, -0.05) is 0 Å². The molecule has 2 rings (SSSR count). The van der Waals surface area contributed by atoms with Crippen molar-refractivity contribution in [3.8, 4) is 6.07 Å². The number of furan rings is 1. The monoisotopic (exact) mass is 216 g/mol. The number of hydrogen-bond acceptors (Lipinski definition) is 5. The van der Waals surface area contributed by atoms with E-state index < -0.39 is 11.7 Å². The van der Waals surface area contributed by atoms with Gasteiger partial charge in [0.05, 0.1) is 12.3 Å².